The van der Waals surface area contributed by atoms with E-state index in [2.05, 4.69) is 19.6 Å². The van der Waals surface area contributed by atoms with Crippen LogP contribution in [0.15, 0.2) is 30.5 Å². The predicted molar refractivity (Wildman–Crippen MR) is 131 cm³/mol. The maximum Gasteiger partial charge on any atom is 0.301 e. The minimum atomic E-state index is -3.95. The van der Waals surface area contributed by atoms with E-state index in [1.807, 2.05) is 0 Å². The van der Waals surface area contributed by atoms with Crippen LogP contribution >= 0.6 is 11.3 Å². The van der Waals surface area contributed by atoms with Gasteiger partial charge in [-0.2, -0.15) is 12.7 Å². The molecule has 4 heterocycles. The number of ether oxygens (including phenoxy) is 2. The molecule has 2 aliphatic heterocycles. The standard InChI is InChI=1S/C21H24FN7O4S2/c22-17-14(2-1-3-15(17)27-35(30,31)29-8-12-33-13-9-29)18-19(16-4-5-24-20(23)25-16)34-21(26-18)28-6-10-32-11-7-28/h1-5,27H,6-13H2,(H2,23,24,25). The van der Waals surface area contributed by atoms with E-state index < -0.39 is 16.0 Å². The molecule has 3 aromatic rings. The summed E-state index contributed by atoms with van der Waals surface area (Å²) < 4.78 is 55.7. The third-order valence-electron chi connectivity index (χ3n) is 5.61. The Morgan fingerprint density at radius 3 is 2.46 bits per heavy atom. The van der Waals surface area contributed by atoms with Gasteiger partial charge in [0.1, 0.15) is 0 Å². The summed E-state index contributed by atoms with van der Waals surface area (Å²) in [4.78, 5) is 15.7. The molecule has 3 N–H and O–H groups in total. The number of rotatable bonds is 6. The molecule has 2 saturated heterocycles. The molecular weight excluding hydrogens is 497 g/mol. The van der Waals surface area contributed by atoms with E-state index in [0.29, 0.717) is 47.7 Å². The maximum absolute atomic E-state index is 15.8. The highest BCUT2D eigenvalue weighted by Gasteiger charge is 2.28. The molecule has 11 nitrogen and oxygen atoms in total. The molecule has 14 heteroatoms. The zero-order chi connectivity index (χ0) is 24.4. The lowest BCUT2D eigenvalue weighted by molar-refractivity contribution is 0.0733. The number of benzene rings is 1. The van der Waals surface area contributed by atoms with Crippen molar-refractivity contribution in [1.82, 2.24) is 19.3 Å². The van der Waals surface area contributed by atoms with Crippen molar-refractivity contribution in [1.29, 1.82) is 0 Å². The number of nitrogens with one attached hydrogen (secondary N) is 1. The normalized spacial score (nSPS) is 17.5. The average molecular weight is 522 g/mol. The summed E-state index contributed by atoms with van der Waals surface area (Å²) >= 11 is 1.36. The Hall–Kier alpha value is -2.91. The molecule has 0 radical (unpaired) electrons. The van der Waals surface area contributed by atoms with Crippen LogP contribution in [0.25, 0.3) is 21.8 Å². The third kappa shape index (κ3) is 5.06. The van der Waals surface area contributed by atoms with Crippen LogP contribution in [-0.2, 0) is 19.7 Å². The van der Waals surface area contributed by atoms with Crippen molar-refractivity contribution in [2.75, 3.05) is 68.0 Å². The van der Waals surface area contributed by atoms with Gasteiger partial charge >= 0.3 is 10.2 Å². The largest absolute Gasteiger partial charge is 0.379 e. The summed E-state index contributed by atoms with van der Waals surface area (Å²) in [7, 11) is -3.95. The second-order valence-electron chi connectivity index (χ2n) is 7.86. The topological polar surface area (TPSA) is 136 Å². The first-order chi connectivity index (χ1) is 16.9. The Morgan fingerprint density at radius 1 is 1.03 bits per heavy atom. The maximum atomic E-state index is 15.8. The highest BCUT2D eigenvalue weighted by Crippen LogP contribution is 2.41. The fraction of sp³-hybridized carbons (Fsp3) is 0.381. The van der Waals surface area contributed by atoms with Crippen LogP contribution in [0, 0.1) is 5.82 Å². The molecule has 0 atom stereocenters. The number of thiazole rings is 1. The zero-order valence-corrected chi connectivity index (χ0v) is 20.3. The Bertz CT molecular complexity index is 1310. The van der Waals surface area contributed by atoms with Gasteiger partial charge in [0.15, 0.2) is 10.9 Å². The lowest BCUT2D eigenvalue weighted by atomic mass is 10.1. The van der Waals surface area contributed by atoms with Gasteiger partial charge in [0.25, 0.3) is 0 Å². The van der Waals surface area contributed by atoms with Crippen LogP contribution in [0.5, 0.6) is 0 Å². The summed E-state index contributed by atoms with van der Waals surface area (Å²) in [5.74, 6) is -0.645. The van der Waals surface area contributed by atoms with E-state index in [-0.39, 0.29) is 43.5 Å². The number of nitrogens with zero attached hydrogens (tertiary/aromatic N) is 5. The first kappa shape index (κ1) is 23.8. The van der Waals surface area contributed by atoms with E-state index in [1.165, 1.54) is 27.9 Å². The van der Waals surface area contributed by atoms with Gasteiger partial charge in [0.05, 0.1) is 48.4 Å². The summed E-state index contributed by atoms with van der Waals surface area (Å²) in [6.45, 7) is 3.42. The summed E-state index contributed by atoms with van der Waals surface area (Å²) in [5, 5.41) is 0.689. The monoisotopic (exact) mass is 521 g/mol. The van der Waals surface area contributed by atoms with E-state index in [1.54, 1.807) is 18.2 Å². The number of anilines is 3. The fourth-order valence-corrected chi connectivity index (χ4v) is 6.14. The van der Waals surface area contributed by atoms with E-state index >= 15 is 4.39 Å². The summed E-state index contributed by atoms with van der Waals surface area (Å²) in [6, 6.07) is 6.21. The van der Waals surface area contributed by atoms with Crippen LogP contribution in [0.1, 0.15) is 0 Å². The Balaban J connectivity index is 1.55. The highest BCUT2D eigenvalue weighted by atomic mass is 32.2. The molecule has 1 aromatic carbocycles. The molecule has 35 heavy (non-hydrogen) atoms. The Labute approximate surface area is 205 Å². The molecule has 0 aliphatic carbocycles. The predicted octanol–water partition coefficient (Wildman–Crippen LogP) is 1.81. The van der Waals surface area contributed by atoms with Gasteiger partial charge in [-0.1, -0.05) is 17.4 Å². The molecule has 2 aliphatic rings. The summed E-state index contributed by atoms with van der Waals surface area (Å²) in [6.07, 6.45) is 1.53. The first-order valence-electron chi connectivity index (χ1n) is 11.0. The average Bonchev–Trinajstić information content (AvgIpc) is 3.32. The molecule has 0 saturated carbocycles. The van der Waals surface area contributed by atoms with E-state index in [4.69, 9.17) is 20.2 Å². The van der Waals surface area contributed by atoms with Crippen LogP contribution in [0.4, 0.5) is 21.2 Å². The number of hydrogen-bond donors (Lipinski definition) is 2. The number of morpholine rings is 2. The van der Waals surface area contributed by atoms with Crippen LogP contribution in [0.2, 0.25) is 0 Å². The van der Waals surface area contributed by atoms with Gasteiger partial charge in [-0.05, 0) is 18.2 Å². The molecule has 0 amide bonds. The minimum Gasteiger partial charge on any atom is -0.379 e. The van der Waals surface area contributed by atoms with E-state index in [9.17, 15) is 8.42 Å². The van der Waals surface area contributed by atoms with Gasteiger partial charge in [0, 0.05) is 37.9 Å². The quantitative estimate of drug-likeness (QED) is 0.498. The smallest absolute Gasteiger partial charge is 0.301 e. The molecule has 0 spiro atoms. The Kier molecular flexibility index (Phi) is 6.80. The lowest BCUT2D eigenvalue weighted by Gasteiger charge is -2.26. The second kappa shape index (κ2) is 9.99. The third-order valence-corrected chi connectivity index (χ3v) is 8.27. The van der Waals surface area contributed by atoms with Crippen molar-refractivity contribution in [3.8, 4) is 21.8 Å². The highest BCUT2D eigenvalue weighted by molar-refractivity contribution is 7.90. The van der Waals surface area contributed by atoms with Gasteiger partial charge < -0.3 is 20.1 Å². The molecule has 5 rings (SSSR count). The van der Waals surface area contributed by atoms with E-state index in [0.717, 1.165) is 0 Å². The van der Waals surface area contributed by atoms with Crippen LogP contribution < -0.4 is 15.4 Å². The number of nitrogen functional groups attached to an aromatic ring is 1. The zero-order valence-electron chi connectivity index (χ0n) is 18.7. The van der Waals surface area contributed by atoms with Crippen LogP contribution in [0.3, 0.4) is 0 Å². The number of aromatic nitrogens is 3. The molecule has 0 unspecified atom stereocenters. The molecular formula is C21H24FN7O4S2. The number of hydrogen-bond acceptors (Lipinski definition) is 10. The number of nitrogens with two attached hydrogens (primary N) is 1. The lowest BCUT2D eigenvalue weighted by Crippen LogP contribution is -2.43. The van der Waals surface area contributed by atoms with Gasteiger partial charge in [-0.25, -0.2) is 19.3 Å². The number of halogens is 1. The van der Waals surface area contributed by atoms with Crippen molar-refractivity contribution < 1.29 is 22.3 Å². The second-order valence-corrected chi connectivity index (χ2v) is 10.5. The Morgan fingerprint density at radius 2 is 1.74 bits per heavy atom. The van der Waals surface area contributed by atoms with Crippen LogP contribution in [-0.4, -0.2) is 80.3 Å². The SMILES string of the molecule is Nc1nccc(-c2sc(N3CCOCC3)nc2-c2cccc(NS(=O)(=O)N3CCOCC3)c2F)n1. The minimum absolute atomic E-state index is 0.0854. The van der Waals surface area contributed by atoms with Crippen molar-refractivity contribution >= 4 is 38.3 Å². The van der Waals surface area contributed by atoms with Gasteiger partial charge in [0.2, 0.25) is 5.95 Å². The molecule has 2 aromatic heterocycles. The van der Waals surface area contributed by atoms with Gasteiger partial charge in [-0.15, -0.1) is 0 Å². The molecule has 186 valence electrons. The van der Waals surface area contributed by atoms with Gasteiger partial charge in [-0.3, -0.25) is 4.72 Å². The first-order valence-corrected chi connectivity index (χ1v) is 13.2. The van der Waals surface area contributed by atoms with Crippen molar-refractivity contribution in [3.63, 3.8) is 0 Å². The van der Waals surface area contributed by atoms with Crippen molar-refractivity contribution in [3.05, 3.63) is 36.3 Å². The van der Waals surface area contributed by atoms with Crippen molar-refractivity contribution in [2.45, 2.75) is 0 Å². The van der Waals surface area contributed by atoms with Crippen molar-refractivity contribution in [2.24, 2.45) is 0 Å². The molecule has 0 bridgehead atoms. The molecule has 2 fully saturated rings. The summed E-state index contributed by atoms with van der Waals surface area (Å²) in [5.41, 5.74) is 6.63. The fourth-order valence-electron chi connectivity index (χ4n) is 3.84.